The third kappa shape index (κ3) is 3.43. The van der Waals surface area contributed by atoms with Crippen LogP contribution in [0.25, 0.3) is 0 Å². The van der Waals surface area contributed by atoms with Crippen molar-refractivity contribution in [2.24, 2.45) is 0 Å². The lowest BCUT2D eigenvalue weighted by Crippen LogP contribution is -2.17. The fourth-order valence-corrected chi connectivity index (χ4v) is 2.21. The summed E-state index contributed by atoms with van der Waals surface area (Å²) in [5.41, 5.74) is 4.11. The second-order valence-corrected chi connectivity index (χ2v) is 4.88. The fraction of sp³-hybridized carbons (Fsp3) is 0.385. The number of hydrogen-bond donors (Lipinski definition) is 1. The van der Waals surface area contributed by atoms with E-state index in [4.69, 9.17) is 0 Å². The molecular formula is C13H18N4S. The summed E-state index contributed by atoms with van der Waals surface area (Å²) in [7, 11) is 2.07. The van der Waals surface area contributed by atoms with Crippen LogP contribution in [-0.4, -0.2) is 23.6 Å². The molecule has 1 N–H and O–H groups in total. The van der Waals surface area contributed by atoms with Crippen molar-refractivity contribution in [2.75, 3.05) is 23.8 Å². The van der Waals surface area contributed by atoms with Gasteiger partial charge in [-0.2, -0.15) is 0 Å². The van der Waals surface area contributed by atoms with Crippen LogP contribution in [-0.2, 0) is 6.54 Å². The van der Waals surface area contributed by atoms with Crippen LogP contribution in [0.2, 0.25) is 0 Å². The highest BCUT2D eigenvalue weighted by Crippen LogP contribution is 2.18. The summed E-state index contributed by atoms with van der Waals surface area (Å²) >= 11 is 1.63. The molecule has 2 aromatic heterocycles. The Morgan fingerprint density at radius 2 is 2.28 bits per heavy atom. The molecule has 18 heavy (non-hydrogen) atoms. The minimum atomic E-state index is 0.820. The molecule has 0 radical (unpaired) electrons. The predicted molar refractivity (Wildman–Crippen MR) is 77.2 cm³/mol. The van der Waals surface area contributed by atoms with E-state index in [9.17, 15) is 0 Å². The zero-order valence-electron chi connectivity index (χ0n) is 10.8. The number of nitrogens with one attached hydrogen (secondary N) is 1. The maximum Gasteiger partial charge on any atom is 0.127 e. The van der Waals surface area contributed by atoms with E-state index < -0.39 is 0 Å². The number of rotatable bonds is 6. The van der Waals surface area contributed by atoms with E-state index in [-0.39, 0.29) is 0 Å². The van der Waals surface area contributed by atoms with E-state index in [2.05, 4.69) is 45.6 Å². The standard InChI is InChI=1S/C13H18N4S/c1-3-5-14-13-7-12(4-6-15-13)17(2)8-11-9-18-10-16-11/h4,6-7,9-10H,3,5,8H2,1-2H3,(H,14,15). The normalized spacial score (nSPS) is 10.3. The molecule has 0 atom stereocenters. The highest BCUT2D eigenvalue weighted by atomic mass is 32.1. The molecule has 0 bridgehead atoms. The van der Waals surface area contributed by atoms with Crippen molar-refractivity contribution in [1.29, 1.82) is 0 Å². The predicted octanol–water partition coefficient (Wildman–Crippen LogP) is 3.00. The zero-order valence-corrected chi connectivity index (χ0v) is 11.6. The Morgan fingerprint density at radius 3 is 3.00 bits per heavy atom. The van der Waals surface area contributed by atoms with Gasteiger partial charge in [0.2, 0.25) is 0 Å². The van der Waals surface area contributed by atoms with Gasteiger partial charge in [-0.3, -0.25) is 0 Å². The van der Waals surface area contributed by atoms with Gasteiger partial charge in [-0.25, -0.2) is 9.97 Å². The average molecular weight is 262 g/mol. The van der Waals surface area contributed by atoms with Gasteiger partial charge in [0.15, 0.2) is 0 Å². The van der Waals surface area contributed by atoms with Crippen LogP contribution >= 0.6 is 11.3 Å². The molecule has 5 heteroatoms. The molecule has 0 saturated heterocycles. The Labute approximate surface area is 112 Å². The van der Waals surface area contributed by atoms with Gasteiger partial charge in [-0.15, -0.1) is 11.3 Å². The first kappa shape index (κ1) is 12.8. The Morgan fingerprint density at radius 1 is 1.39 bits per heavy atom. The van der Waals surface area contributed by atoms with Gasteiger partial charge < -0.3 is 10.2 Å². The Balaban J connectivity index is 2.03. The van der Waals surface area contributed by atoms with Crippen molar-refractivity contribution in [3.8, 4) is 0 Å². The average Bonchev–Trinajstić information content (AvgIpc) is 2.89. The van der Waals surface area contributed by atoms with Crippen LogP contribution in [0.4, 0.5) is 11.5 Å². The number of anilines is 2. The molecule has 2 heterocycles. The molecule has 0 fully saturated rings. The largest absolute Gasteiger partial charge is 0.370 e. The molecule has 0 aliphatic heterocycles. The SMILES string of the molecule is CCCNc1cc(N(C)Cc2cscn2)ccn1. The van der Waals surface area contributed by atoms with Crippen molar-refractivity contribution in [3.63, 3.8) is 0 Å². The van der Waals surface area contributed by atoms with Crippen molar-refractivity contribution in [1.82, 2.24) is 9.97 Å². The summed E-state index contributed by atoms with van der Waals surface area (Å²) < 4.78 is 0. The van der Waals surface area contributed by atoms with Crippen LogP contribution in [0.3, 0.4) is 0 Å². The van der Waals surface area contributed by atoms with Gasteiger partial charge in [-0.1, -0.05) is 6.92 Å². The Kier molecular flexibility index (Phi) is 4.52. The lowest BCUT2D eigenvalue weighted by atomic mass is 10.3. The highest BCUT2D eigenvalue weighted by molar-refractivity contribution is 7.07. The summed E-state index contributed by atoms with van der Waals surface area (Å²) in [5.74, 6) is 0.930. The van der Waals surface area contributed by atoms with Gasteiger partial charge in [0.1, 0.15) is 5.82 Å². The number of nitrogens with zero attached hydrogens (tertiary/aromatic N) is 3. The van der Waals surface area contributed by atoms with Crippen molar-refractivity contribution in [2.45, 2.75) is 19.9 Å². The molecule has 96 valence electrons. The number of hydrogen-bond acceptors (Lipinski definition) is 5. The first-order valence-corrected chi connectivity index (χ1v) is 7.02. The van der Waals surface area contributed by atoms with Crippen LogP contribution in [0, 0.1) is 0 Å². The van der Waals surface area contributed by atoms with Gasteiger partial charge >= 0.3 is 0 Å². The van der Waals surface area contributed by atoms with Gasteiger partial charge in [0.05, 0.1) is 17.7 Å². The van der Waals surface area contributed by atoms with Gasteiger partial charge in [0.25, 0.3) is 0 Å². The van der Waals surface area contributed by atoms with Crippen LogP contribution in [0.5, 0.6) is 0 Å². The Bertz CT molecular complexity index is 470. The summed E-state index contributed by atoms with van der Waals surface area (Å²) in [4.78, 5) is 10.8. The quantitative estimate of drug-likeness (QED) is 0.869. The van der Waals surface area contributed by atoms with Gasteiger partial charge in [-0.05, 0) is 12.5 Å². The Hall–Kier alpha value is -1.62. The molecule has 4 nitrogen and oxygen atoms in total. The highest BCUT2D eigenvalue weighted by Gasteiger charge is 2.04. The minimum Gasteiger partial charge on any atom is -0.370 e. The van der Waals surface area contributed by atoms with E-state index in [0.29, 0.717) is 0 Å². The molecule has 2 aromatic rings. The first-order valence-electron chi connectivity index (χ1n) is 6.07. The van der Waals surface area contributed by atoms with Crippen molar-refractivity contribution >= 4 is 22.8 Å². The molecule has 0 aliphatic carbocycles. The molecular weight excluding hydrogens is 244 g/mol. The van der Waals surface area contributed by atoms with Crippen LogP contribution in [0.1, 0.15) is 19.0 Å². The van der Waals surface area contributed by atoms with E-state index in [1.165, 1.54) is 0 Å². The molecule has 0 amide bonds. The number of aromatic nitrogens is 2. The smallest absolute Gasteiger partial charge is 0.127 e. The van der Waals surface area contributed by atoms with Crippen molar-refractivity contribution in [3.05, 3.63) is 34.9 Å². The van der Waals surface area contributed by atoms with E-state index in [1.807, 2.05) is 17.8 Å². The van der Waals surface area contributed by atoms with Crippen LogP contribution < -0.4 is 10.2 Å². The molecule has 0 saturated carbocycles. The topological polar surface area (TPSA) is 41.0 Å². The van der Waals surface area contributed by atoms with E-state index >= 15 is 0 Å². The maximum atomic E-state index is 4.31. The molecule has 2 rings (SSSR count). The monoisotopic (exact) mass is 262 g/mol. The van der Waals surface area contributed by atoms with Crippen LogP contribution in [0.15, 0.2) is 29.2 Å². The molecule has 0 aliphatic rings. The summed E-state index contributed by atoms with van der Waals surface area (Å²) in [5, 5.41) is 5.37. The third-order valence-corrected chi connectivity index (χ3v) is 3.26. The minimum absolute atomic E-state index is 0.820. The second kappa shape index (κ2) is 6.35. The summed E-state index contributed by atoms with van der Waals surface area (Å²) in [6, 6.07) is 4.09. The third-order valence-electron chi connectivity index (χ3n) is 2.62. The summed E-state index contributed by atoms with van der Waals surface area (Å²) in [6.07, 6.45) is 2.94. The summed E-state index contributed by atoms with van der Waals surface area (Å²) in [6.45, 7) is 3.91. The lowest BCUT2D eigenvalue weighted by molar-refractivity contribution is 0.892. The number of pyridine rings is 1. The fourth-order valence-electron chi connectivity index (χ4n) is 1.66. The van der Waals surface area contributed by atoms with E-state index in [0.717, 1.165) is 36.7 Å². The first-order chi connectivity index (χ1) is 8.79. The zero-order chi connectivity index (χ0) is 12.8. The molecule has 0 unspecified atom stereocenters. The molecule has 0 spiro atoms. The maximum absolute atomic E-state index is 4.31. The second-order valence-electron chi connectivity index (χ2n) is 4.16. The van der Waals surface area contributed by atoms with E-state index in [1.54, 1.807) is 11.3 Å². The van der Waals surface area contributed by atoms with Gasteiger partial charge in [0, 0.05) is 36.9 Å². The lowest BCUT2D eigenvalue weighted by Gasteiger charge is -2.18. The number of thiazole rings is 1. The molecule has 0 aromatic carbocycles. The van der Waals surface area contributed by atoms with Crippen molar-refractivity contribution < 1.29 is 0 Å².